The number of aliphatic carboxylic acids is 1. The lowest BCUT2D eigenvalue weighted by atomic mass is 10.2. The van der Waals surface area contributed by atoms with Crippen LogP contribution in [0.3, 0.4) is 0 Å². The molecule has 0 aromatic heterocycles. The molecule has 19 heavy (non-hydrogen) atoms. The maximum absolute atomic E-state index is 12.2. The molecule has 1 aromatic rings. The second kappa shape index (κ2) is 6.67. The topological polar surface area (TPSA) is 66.8 Å². The predicted octanol–water partition coefficient (Wildman–Crippen LogP) is 1.49. The van der Waals surface area contributed by atoms with E-state index in [0.29, 0.717) is 0 Å². The van der Waals surface area contributed by atoms with Crippen LogP contribution in [-0.4, -0.2) is 48.5 Å². The van der Waals surface area contributed by atoms with Crippen molar-refractivity contribution in [3.05, 3.63) is 29.8 Å². The number of alkyl halides is 2. The highest BCUT2D eigenvalue weighted by Crippen LogP contribution is 2.15. The number of carbonyl (C=O) groups excluding carboxylic acids is 1. The molecule has 0 fully saturated rings. The van der Waals surface area contributed by atoms with Crippen molar-refractivity contribution in [3.8, 4) is 5.75 Å². The molecule has 0 bridgehead atoms. The molecule has 0 heterocycles. The molecule has 0 atom stereocenters. The lowest BCUT2D eigenvalue weighted by Gasteiger charge is -2.16. The largest absolute Gasteiger partial charge is 0.482 e. The van der Waals surface area contributed by atoms with Crippen LogP contribution in [0.5, 0.6) is 5.75 Å². The molecular formula is C12H13F2NO4. The van der Waals surface area contributed by atoms with Gasteiger partial charge in [-0.05, 0) is 18.2 Å². The zero-order chi connectivity index (χ0) is 14.4. The molecule has 104 valence electrons. The van der Waals surface area contributed by atoms with Crippen LogP contribution in [0.15, 0.2) is 24.3 Å². The minimum absolute atomic E-state index is 0.158. The summed E-state index contributed by atoms with van der Waals surface area (Å²) in [5.41, 5.74) is 0.158. The highest BCUT2D eigenvalue weighted by molar-refractivity contribution is 5.94. The predicted molar refractivity (Wildman–Crippen MR) is 62.5 cm³/mol. The molecule has 5 nitrogen and oxygen atoms in total. The van der Waals surface area contributed by atoms with Crippen molar-refractivity contribution in [1.29, 1.82) is 0 Å². The van der Waals surface area contributed by atoms with Crippen LogP contribution in [0.1, 0.15) is 10.4 Å². The maximum Gasteiger partial charge on any atom is 0.341 e. The van der Waals surface area contributed by atoms with Crippen molar-refractivity contribution in [3.63, 3.8) is 0 Å². The van der Waals surface area contributed by atoms with E-state index in [1.54, 1.807) is 0 Å². The van der Waals surface area contributed by atoms with Crippen LogP contribution in [-0.2, 0) is 4.79 Å². The monoisotopic (exact) mass is 273 g/mol. The number of carboxylic acids is 1. The molecule has 0 aliphatic rings. The Kier molecular flexibility index (Phi) is 5.23. The van der Waals surface area contributed by atoms with E-state index in [1.807, 2.05) is 0 Å². The SMILES string of the molecule is CN(CC(F)F)C(=O)c1cccc(OCC(=O)O)c1. The number of nitrogens with zero attached hydrogens (tertiary/aromatic N) is 1. The van der Waals surface area contributed by atoms with Crippen molar-refractivity contribution < 1.29 is 28.2 Å². The Bertz CT molecular complexity index is 465. The maximum atomic E-state index is 12.2. The van der Waals surface area contributed by atoms with Gasteiger partial charge in [0.15, 0.2) is 6.61 Å². The number of amides is 1. The first kappa shape index (κ1) is 14.9. The normalized spacial score (nSPS) is 10.3. The van der Waals surface area contributed by atoms with Crippen LogP contribution in [0.25, 0.3) is 0 Å². The van der Waals surface area contributed by atoms with Gasteiger partial charge in [-0.1, -0.05) is 6.07 Å². The van der Waals surface area contributed by atoms with E-state index < -0.39 is 31.5 Å². The first-order valence-corrected chi connectivity index (χ1v) is 5.38. The molecule has 0 unspecified atom stereocenters. The lowest BCUT2D eigenvalue weighted by Crippen LogP contribution is -2.31. The summed E-state index contributed by atoms with van der Waals surface area (Å²) in [6.45, 7) is -1.20. The van der Waals surface area contributed by atoms with Crippen LogP contribution in [0.4, 0.5) is 8.78 Å². The molecule has 1 aromatic carbocycles. The number of hydrogen-bond donors (Lipinski definition) is 1. The molecule has 0 saturated heterocycles. The van der Waals surface area contributed by atoms with Gasteiger partial charge in [0.25, 0.3) is 12.3 Å². The van der Waals surface area contributed by atoms with E-state index in [-0.39, 0.29) is 11.3 Å². The first-order valence-electron chi connectivity index (χ1n) is 5.38. The zero-order valence-electron chi connectivity index (χ0n) is 10.2. The van der Waals surface area contributed by atoms with Crippen LogP contribution >= 0.6 is 0 Å². The van der Waals surface area contributed by atoms with E-state index in [2.05, 4.69) is 0 Å². The molecule has 7 heteroatoms. The van der Waals surface area contributed by atoms with Crippen molar-refractivity contribution in [2.24, 2.45) is 0 Å². The second-order valence-electron chi connectivity index (χ2n) is 3.79. The summed E-state index contributed by atoms with van der Waals surface area (Å²) in [7, 11) is 1.26. The smallest absolute Gasteiger partial charge is 0.341 e. The Balaban J connectivity index is 2.75. The van der Waals surface area contributed by atoms with Gasteiger partial charge < -0.3 is 14.7 Å². The highest BCUT2D eigenvalue weighted by Gasteiger charge is 2.16. The quantitative estimate of drug-likeness (QED) is 0.852. The van der Waals surface area contributed by atoms with Crippen molar-refractivity contribution in [2.45, 2.75) is 6.43 Å². The summed E-state index contributed by atoms with van der Waals surface area (Å²) in [5.74, 6) is -1.54. The van der Waals surface area contributed by atoms with Crippen LogP contribution in [0, 0.1) is 0 Å². The van der Waals surface area contributed by atoms with Gasteiger partial charge in [0, 0.05) is 12.6 Å². The molecule has 0 saturated carbocycles. The summed E-state index contributed by atoms with van der Waals surface area (Å²) in [5, 5.41) is 8.46. The highest BCUT2D eigenvalue weighted by atomic mass is 19.3. The Morgan fingerprint density at radius 2 is 2.11 bits per heavy atom. The molecule has 0 spiro atoms. The Morgan fingerprint density at radius 1 is 1.42 bits per heavy atom. The number of halogens is 2. The van der Waals surface area contributed by atoms with E-state index in [9.17, 15) is 18.4 Å². The van der Waals surface area contributed by atoms with E-state index in [0.717, 1.165) is 4.90 Å². The lowest BCUT2D eigenvalue weighted by molar-refractivity contribution is -0.139. The van der Waals surface area contributed by atoms with Crippen LogP contribution < -0.4 is 4.74 Å². The molecule has 1 N–H and O–H groups in total. The minimum atomic E-state index is -2.61. The van der Waals surface area contributed by atoms with Crippen LogP contribution in [0.2, 0.25) is 0 Å². The third-order valence-electron chi connectivity index (χ3n) is 2.20. The standard InChI is InChI=1S/C12H13F2NO4/c1-15(6-10(13)14)12(18)8-3-2-4-9(5-8)19-7-11(16)17/h2-5,10H,6-7H2,1H3,(H,16,17). The number of carbonyl (C=O) groups is 2. The number of benzene rings is 1. The van der Waals surface area contributed by atoms with Gasteiger partial charge in [-0.3, -0.25) is 4.79 Å². The first-order chi connectivity index (χ1) is 8.90. The molecule has 1 rings (SSSR count). The van der Waals surface area contributed by atoms with Gasteiger partial charge in [0.2, 0.25) is 0 Å². The van der Waals surface area contributed by atoms with Crippen molar-refractivity contribution in [2.75, 3.05) is 20.2 Å². The molecule has 0 radical (unpaired) electrons. The molecule has 1 amide bonds. The zero-order valence-corrected chi connectivity index (χ0v) is 10.2. The number of carboxylic acid groups (broad SMARTS) is 1. The van der Waals surface area contributed by atoms with E-state index in [4.69, 9.17) is 9.84 Å². The molecule has 0 aliphatic carbocycles. The average molecular weight is 273 g/mol. The molecule has 0 aliphatic heterocycles. The summed E-state index contributed by atoms with van der Waals surface area (Å²) >= 11 is 0. The summed E-state index contributed by atoms with van der Waals surface area (Å²) in [6.07, 6.45) is -2.61. The fourth-order valence-corrected chi connectivity index (χ4v) is 1.37. The minimum Gasteiger partial charge on any atom is -0.482 e. The fraction of sp³-hybridized carbons (Fsp3) is 0.333. The Morgan fingerprint density at radius 3 is 2.68 bits per heavy atom. The second-order valence-corrected chi connectivity index (χ2v) is 3.79. The fourth-order valence-electron chi connectivity index (χ4n) is 1.37. The van der Waals surface area contributed by atoms with Crippen molar-refractivity contribution in [1.82, 2.24) is 4.90 Å². The third kappa shape index (κ3) is 4.90. The summed E-state index contributed by atoms with van der Waals surface area (Å²) < 4.78 is 29.2. The summed E-state index contributed by atoms with van der Waals surface area (Å²) in [6, 6.07) is 5.72. The Labute approximate surface area is 108 Å². The van der Waals surface area contributed by atoms with Gasteiger partial charge in [-0.2, -0.15) is 0 Å². The molecular weight excluding hydrogens is 260 g/mol. The Hall–Kier alpha value is -2.18. The number of hydrogen-bond acceptors (Lipinski definition) is 3. The van der Waals surface area contributed by atoms with Crippen molar-refractivity contribution >= 4 is 11.9 Å². The van der Waals surface area contributed by atoms with Gasteiger partial charge in [0.05, 0.1) is 6.54 Å². The van der Waals surface area contributed by atoms with E-state index >= 15 is 0 Å². The number of ether oxygens (including phenoxy) is 1. The van der Waals surface area contributed by atoms with Gasteiger partial charge in [-0.15, -0.1) is 0 Å². The average Bonchev–Trinajstić information content (AvgIpc) is 2.35. The number of rotatable bonds is 6. The van der Waals surface area contributed by atoms with Gasteiger partial charge in [-0.25, -0.2) is 13.6 Å². The van der Waals surface area contributed by atoms with Gasteiger partial charge >= 0.3 is 5.97 Å². The van der Waals surface area contributed by atoms with Gasteiger partial charge in [0.1, 0.15) is 5.75 Å². The summed E-state index contributed by atoms with van der Waals surface area (Å²) in [4.78, 5) is 23.0. The van der Waals surface area contributed by atoms with E-state index in [1.165, 1.54) is 31.3 Å². The third-order valence-corrected chi connectivity index (χ3v) is 2.20.